The Balaban J connectivity index is 1.81. The zero-order valence-electron chi connectivity index (χ0n) is 16.0. The van der Waals surface area contributed by atoms with E-state index < -0.39 is 23.3 Å². The van der Waals surface area contributed by atoms with Crippen LogP contribution in [0.25, 0.3) is 0 Å². The molecule has 2 heterocycles. The summed E-state index contributed by atoms with van der Waals surface area (Å²) in [5.41, 5.74) is -2.36. The zero-order valence-corrected chi connectivity index (χ0v) is 16.0. The second-order valence-corrected chi connectivity index (χ2v) is 7.07. The average Bonchev–Trinajstić information content (AvgIpc) is 2.66. The third-order valence-electron chi connectivity index (χ3n) is 4.64. The molecule has 0 unspecified atom stereocenters. The molecule has 1 saturated heterocycles. The SMILES string of the molecule is CC(=O)NCC1(O)CCN(c2nc(Oc3cccc(F)c3)cc(C(F)(F)F)n2)CC1. The number of aromatic nitrogens is 2. The molecule has 162 valence electrons. The van der Waals surface area contributed by atoms with E-state index in [0.29, 0.717) is 6.07 Å². The minimum Gasteiger partial charge on any atom is -0.439 e. The summed E-state index contributed by atoms with van der Waals surface area (Å²) in [5, 5.41) is 13.1. The van der Waals surface area contributed by atoms with Gasteiger partial charge in [-0.2, -0.15) is 18.2 Å². The number of ether oxygens (including phenoxy) is 1. The smallest absolute Gasteiger partial charge is 0.433 e. The van der Waals surface area contributed by atoms with Gasteiger partial charge in [0.1, 0.15) is 11.6 Å². The van der Waals surface area contributed by atoms with E-state index in [0.717, 1.165) is 6.07 Å². The molecular weight excluding hydrogens is 408 g/mol. The van der Waals surface area contributed by atoms with Gasteiger partial charge < -0.3 is 20.1 Å². The number of nitrogens with one attached hydrogen (secondary N) is 1. The van der Waals surface area contributed by atoms with Crippen molar-refractivity contribution in [3.63, 3.8) is 0 Å². The van der Waals surface area contributed by atoms with Gasteiger partial charge in [0.2, 0.25) is 17.7 Å². The average molecular weight is 428 g/mol. The Morgan fingerprint density at radius 3 is 2.57 bits per heavy atom. The molecule has 0 bridgehead atoms. The highest BCUT2D eigenvalue weighted by molar-refractivity contribution is 5.72. The Kier molecular flexibility index (Phi) is 6.11. The molecule has 30 heavy (non-hydrogen) atoms. The summed E-state index contributed by atoms with van der Waals surface area (Å²) < 4.78 is 58.6. The number of aliphatic hydroxyl groups is 1. The molecule has 2 aromatic rings. The van der Waals surface area contributed by atoms with Gasteiger partial charge in [-0.3, -0.25) is 4.79 Å². The summed E-state index contributed by atoms with van der Waals surface area (Å²) in [7, 11) is 0. The Morgan fingerprint density at radius 1 is 1.27 bits per heavy atom. The van der Waals surface area contributed by atoms with Crippen molar-refractivity contribution in [1.82, 2.24) is 15.3 Å². The molecule has 0 atom stereocenters. The van der Waals surface area contributed by atoms with Crippen molar-refractivity contribution in [2.45, 2.75) is 31.5 Å². The maximum Gasteiger partial charge on any atom is 0.433 e. The van der Waals surface area contributed by atoms with Crippen molar-refractivity contribution in [3.05, 3.63) is 41.8 Å². The van der Waals surface area contributed by atoms with Crippen molar-refractivity contribution in [2.75, 3.05) is 24.5 Å². The van der Waals surface area contributed by atoms with Gasteiger partial charge in [-0.05, 0) is 25.0 Å². The number of nitrogens with zero attached hydrogens (tertiary/aromatic N) is 3. The van der Waals surface area contributed by atoms with Crippen LogP contribution in [-0.2, 0) is 11.0 Å². The second kappa shape index (κ2) is 8.42. The normalized spacial score (nSPS) is 16.3. The van der Waals surface area contributed by atoms with Crippen molar-refractivity contribution in [3.8, 4) is 11.6 Å². The number of anilines is 1. The monoisotopic (exact) mass is 428 g/mol. The molecule has 3 rings (SSSR count). The van der Waals surface area contributed by atoms with Gasteiger partial charge in [0.15, 0.2) is 5.69 Å². The molecule has 0 saturated carbocycles. The lowest BCUT2D eigenvalue weighted by atomic mass is 9.91. The standard InChI is InChI=1S/C19H20F4N4O3/c1-12(28)24-11-18(29)5-7-27(8-6-18)17-25-15(19(21,22)23)10-16(26-17)30-14-4-2-3-13(20)9-14/h2-4,9-10,29H,5-8,11H2,1H3,(H,24,28). The van der Waals surface area contributed by atoms with Crippen molar-refractivity contribution >= 4 is 11.9 Å². The first-order chi connectivity index (χ1) is 14.0. The van der Waals surface area contributed by atoms with Crippen LogP contribution in [0.3, 0.4) is 0 Å². The molecule has 0 radical (unpaired) electrons. The van der Waals surface area contributed by atoms with Crippen LogP contribution in [0.1, 0.15) is 25.5 Å². The molecule has 11 heteroatoms. The molecular formula is C19H20F4N4O3. The predicted molar refractivity (Wildman–Crippen MR) is 98.6 cm³/mol. The van der Waals surface area contributed by atoms with E-state index >= 15 is 0 Å². The zero-order chi connectivity index (χ0) is 21.9. The first kappa shape index (κ1) is 21.8. The van der Waals surface area contributed by atoms with Crippen molar-refractivity contribution in [1.29, 1.82) is 0 Å². The number of carbonyl (C=O) groups is 1. The maximum atomic E-state index is 13.3. The lowest BCUT2D eigenvalue weighted by molar-refractivity contribution is -0.141. The highest BCUT2D eigenvalue weighted by Gasteiger charge is 2.37. The number of amides is 1. The number of hydrogen-bond donors (Lipinski definition) is 2. The molecule has 1 fully saturated rings. The quantitative estimate of drug-likeness (QED) is 0.713. The number of halogens is 4. The molecule has 1 amide bonds. The number of rotatable bonds is 5. The van der Waals surface area contributed by atoms with Crippen LogP contribution >= 0.6 is 0 Å². The van der Waals surface area contributed by atoms with Gasteiger partial charge in [0, 0.05) is 38.7 Å². The lowest BCUT2D eigenvalue weighted by Gasteiger charge is -2.38. The van der Waals surface area contributed by atoms with Crippen LogP contribution in [0.2, 0.25) is 0 Å². The second-order valence-electron chi connectivity index (χ2n) is 7.07. The summed E-state index contributed by atoms with van der Waals surface area (Å²) in [6, 6.07) is 5.60. The van der Waals surface area contributed by atoms with E-state index in [1.54, 1.807) is 0 Å². The van der Waals surface area contributed by atoms with Gasteiger partial charge in [-0.15, -0.1) is 0 Å². The van der Waals surface area contributed by atoms with Gasteiger partial charge in [0.25, 0.3) is 0 Å². The number of hydrogen-bond acceptors (Lipinski definition) is 6. The highest BCUT2D eigenvalue weighted by Crippen LogP contribution is 2.33. The Morgan fingerprint density at radius 2 is 1.97 bits per heavy atom. The minimum absolute atomic E-state index is 0.00361. The molecule has 7 nitrogen and oxygen atoms in total. The van der Waals surface area contributed by atoms with E-state index in [1.165, 1.54) is 30.0 Å². The summed E-state index contributed by atoms with van der Waals surface area (Å²) in [5.74, 6) is -1.48. The van der Waals surface area contributed by atoms with Gasteiger partial charge in [0.05, 0.1) is 5.60 Å². The molecule has 1 aromatic carbocycles. The summed E-state index contributed by atoms with van der Waals surface area (Å²) in [6.45, 7) is 1.73. The third-order valence-corrected chi connectivity index (χ3v) is 4.64. The molecule has 0 aliphatic carbocycles. The van der Waals surface area contributed by atoms with Gasteiger partial charge in [-0.1, -0.05) is 6.07 Å². The number of benzene rings is 1. The van der Waals surface area contributed by atoms with Crippen LogP contribution < -0.4 is 15.0 Å². The van der Waals surface area contributed by atoms with E-state index in [9.17, 15) is 27.5 Å². The topological polar surface area (TPSA) is 87.6 Å². The third kappa shape index (κ3) is 5.56. The largest absolute Gasteiger partial charge is 0.439 e. The first-order valence-electron chi connectivity index (χ1n) is 9.16. The first-order valence-corrected chi connectivity index (χ1v) is 9.16. The summed E-state index contributed by atoms with van der Waals surface area (Å²) in [6.07, 6.45) is -4.33. The number of carbonyl (C=O) groups excluding carboxylic acids is 1. The fourth-order valence-electron chi connectivity index (χ4n) is 2.99. The van der Waals surface area contributed by atoms with Crippen LogP contribution in [0.15, 0.2) is 30.3 Å². The Labute approximate surface area is 169 Å². The summed E-state index contributed by atoms with van der Waals surface area (Å²) >= 11 is 0. The summed E-state index contributed by atoms with van der Waals surface area (Å²) in [4.78, 5) is 20.2. The Hall–Kier alpha value is -2.95. The van der Waals surface area contributed by atoms with Gasteiger partial charge >= 0.3 is 6.18 Å². The lowest BCUT2D eigenvalue weighted by Crippen LogP contribution is -2.51. The molecule has 1 aliphatic rings. The van der Waals surface area contributed by atoms with E-state index in [4.69, 9.17) is 4.74 Å². The van der Waals surface area contributed by atoms with Crippen molar-refractivity contribution in [2.24, 2.45) is 0 Å². The van der Waals surface area contributed by atoms with Crippen LogP contribution in [0, 0.1) is 5.82 Å². The predicted octanol–water partition coefficient (Wildman–Crippen LogP) is 2.89. The van der Waals surface area contributed by atoms with E-state index in [-0.39, 0.29) is 56.0 Å². The van der Waals surface area contributed by atoms with Crippen LogP contribution in [-0.4, -0.2) is 46.2 Å². The van der Waals surface area contributed by atoms with Gasteiger partial charge in [-0.25, -0.2) is 9.37 Å². The molecule has 0 spiro atoms. The van der Waals surface area contributed by atoms with E-state index in [2.05, 4.69) is 15.3 Å². The van der Waals surface area contributed by atoms with E-state index in [1.807, 2.05) is 0 Å². The molecule has 1 aliphatic heterocycles. The number of alkyl halides is 3. The number of piperidine rings is 1. The van der Waals surface area contributed by atoms with Crippen LogP contribution in [0.4, 0.5) is 23.5 Å². The fraction of sp³-hybridized carbons (Fsp3) is 0.421. The van der Waals surface area contributed by atoms with Crippen molar-refractivity contribution < 1.29 is 32.2 Å². The minimum atomic E-state index is -4.74. The fourth-order valence-corrected chi connectivity index (χ4v) is 2.99. The maximum absolute atomic E-state index is 13.3. The molecule has 1 aromatic heterocycles. The van der Waals surface area contributed by atoms with Crippen LogP contribution in [0.5, 0.6) is 11.6 Å². The Bertz CT molecular complexity index is 915. The highest BCUT2D eigenvalue weighted by atomic mass is 19.4. The molecule has 2 N–H and O–H groups in total.